The van der Waals surface area contributed by atoms with Crippen LogP contribution in [-0.4, -0.2) is 50.2 Å². The van der Waals surface area contributed by atoms with E-state index in [0.29, 0.717) is 0 Å². The predicted molar refractivity (Wildman–Crippen MR) is 115 cm³/mol. The molecule has 3 aromatic rings. The van der Waals surface area contributed by atoms with E-state index in [1.807, 2.05) is 23.0 Å². The van der Waals surface area contributed by atoms with Gasteiger partial charge in [0.15, 0.2) is 5.65 Å². The second kappa shape index (κ2) is 7.63. The van der Waals surface area contributed by atoms with Crippen molar-refractivity contribution in [3.05, 3.63) is 58.3 Å². The van der Waals surface area contributed by atoms with Crippen LogP contribution in [-0.2, 0) is 19.0 Å². The van der Waals surface area contributed by atoms with Gasteiger partial charge in [0.25, 0.3) is 5.56 Å². The molecule has 0 saturated carbocycles. The van der Waals surface area contributed by atoms with Crippen LogP contribution < -0.4 is 10.5 Å². The van der Waals surface area contributed by atoms with Crippen molar-refractivity contribution in [2.45, 2.75) is 39.2 Å². The summed E-state index contributed by atoms with van der Waals surface area (Å²) in [6.07, 6.45) is 4.96. The molecule has 0 spiro atoms. The van der Waals surface area contributed by atoms with Crippen LogP contribution in [0.25, 0.3) is 5.65 Å². The second-order valence-electron chi connectivity index (χ2n) is 8.97. The quantitative estimate of drug-likeness (QED) is 0.683. The van der Waals surface area contributed by atoms with Crippen molar-refractivity contribution in [3.8, 4) is 0 Å². The van der Waals surface area contributed by atoms with E-state index in [-0.39, 0.29) is 11.0 Å². The minimum absolute atomic E-state index is 0.00933. The topological polar surface area (TPSA) is 58.7 Å². The summed E-state index contributed by atoms with van der Waals surface area (Å²) in [6.45, 7) is 11.2. The van der Waals surface area contributed by atoms with Gasteiger partial charge >= 0.3 is 0 Å². The predicted octanol–water partition coefficient (Wildman–Crippen LogP) is 2.44. The highest BCUT2D eigenvalue weighted by atomic mass is 16.1. The average Bonchev–Trinajstić information content (AvgIpc) is 2.98. The number of anilines is 1. The van der Waals surface area contributed by atoms with Crippen molar-refractivity contribution < 1.29 is 0 Å². The Morgan fingerprint density at radius 2 is 1.90 bits per heavy atom. The first-order valence-corrected chi connectivity index (χ1v) is 10.3. The van der Waals surface area contributed by atoms with Crippen LogP contribution in [0, 0.1) is 0 Å². The van der Waals surface area contributed by atoms with Crippen molar-refractivity contribution in [1.82, 2.24) is 24.1 Å². The molecule has 0 amide bonds. The first-order chi connectivity index (χ1) is 13.8. The molecule has 7 nitrogen and oxygen atoms in total. The van der Waals surface area contributed by atoms with E-state index < -0.39 is 0 Å². The maximum atomic E-state index is 11.9. The van der Waals surface area contributed by atoms with Crippen LogP contribution in [0.2, 0.25) is 0 Å². The summed E-state index contributed by atoms with van der Waals surface area (Å²) in [7, 11) is 1.78. The minimum Gasteiger partial charge on any atom is -0.354 e. The zero-order valence-electron chi connectivity index (χ0n) is 17.8. The van der Waals surface area contributed by atoms with Gasteiger partial charge in [0, 0.05) is 57.4 Å². The Balaban J connectivity index is 1.46. The Labute approximate surface area is 171 Å². The Morgan fingerprint density at radius 3 is 2.66 bits per heavy atom. The zero-order chi connectivity index (χ0) is 20.6. The molecular weight excluding hydrogens is 364 g/mol. The summed E-state index contributed by atoms with van der Waals surface area (Å²) >= 11 is 0. The molecule has 1 saturated heterocycles. The van der Waals surface area contributed by atoms with Gasteiger partial charge in [0.2, 0.25) is 0 Å². The van der Waals surface area contributed by atoms with Gasteiger partial charge in [-0.3, -0.25) is 9.69 Å². The smallest absolute Gasteiger partial charge is 0.250 e. The lowest BCUT2D eigenvalue weighted by Gasteiger charge is -2.22. The molecule has 0 unspecified atom stereocenters. The number of pyridine rings is 1. The van der Waals surface area contributed by atoms with Gasteiger partial charge < -0.3 is 9.47 Å². The first-order valence-electron chi connectivity index (χ1n) is 10.3. The standard InChI is InChI=1S/C22H30N6O/c1-22(2,3)18-16-28-19(23-18)6-7-20(24-28)27-10-5-9-26(12-13-27)15-17-8-11-25(4)21(29)14-17/h6-8,11,14,16H,5,9-10,12-13,15H2,1-4H3. The van der Waals surface area contributed by atoms with Crippen LogP contribution in [0.15, 0.2) is 41.5 Å². The van der Waals surface area contributed by atoms with E-state index >= 15 is 0 Å². The lowest BCUT2D eigenvalue weighted by molar-refractivity contribution is 0.285. The lowest BCUT2D eigenvalue weighted by Crippen LogP contribution is -2.31. The molecule has 1 aliphatic rings. The maximum Gasteiger partial charge on any atom is 0.250 e. The number of aromatic nitrogens is 4. The molecule has 1 aliphatic heterocycles. The molecule has 0 N–H and O–H groups in total. The fourth-order valence-electron chi connectivity index (χ4n) is 3.71. The monoisotopic (exact) mass is 394 g/mol. The molecule has 4 heterocycles. The van der Waals surface area contributed by atoms with E-state index in [1.54, 1.807) is 17.7 Å². The number of fused-ring (bicyclic) bond motifs is 1. The van der Waals surface area contributed by atoms with Gasteiger partial charge in [0.1, 0.15) is 5.82 Å². The van der Waals surface area contributed by atoms with Crippen molar-refractivity contribution >= 4 is 11.5 Å². The SMILES string of the molecule is Cn1ccc(CN2CCCN(c3ccc4nc(C(C)(C)C)cn4n3)CC2)cc1=O. The molecule has 0 atom stereocenters. The molecule has 29 heavy (non-hydrogen) atoms. The Hall–Kier alpha value is -2.67. The molecule has 0 bridgehead atoms. The fourth-order valence-corrected chi connectivity index (χ4v) is 3.71. The van der Waals surface area contributed by atoms with Gasteiger partial charge in [-0.05, 0) is 30.2 Å². The third kappa shape index (κ3) is 4.34. The number of nitrogens with zero attached hydrogens (tertiary/aromatic N) is 6. The molecule has 154 valence electrons. The highest BCUT2D eigenvalue weighted by molar-refractivity contribution is 5.47. The number of imidazole rings is 1. The molecule has 0 radical (unpaired) electrons. The van der Waals surface area contributed by atoms with Crippen molar-refractivity contribution in [3.63, 3.8) is 0 Å². The lowest BCUT2D eigenvalue weighted by atomic mass is 9.93. The summed E-state index contributed by atoms with van der Waals surface area (Å²) < 4.78 is 3.51. The minimum atomic E-state index is 0.00933. The molecule has 1 fully saturated rings. The Kier molecular flexibility index (Phi) is 5.17. The summed E-state index contributed by atoms with van der Waals surface area (Å²) in [5, 5.41) is 4.82. The summed E-state index contributed by atoms with van der Waals surface area (Å²) in [5.74, 6) is 0.991. The van der Waals surface area contributed by atoms with E-state index in [9.17, 15) is 4.79 Å². The number of hydrogen-bond acceptors (Lipinski definition) is 5. The normalized spacial score (nSPS) is 16.3. The van der Waals surface area contributed by atoms with Gasteiger partial charge in [-0.1, -0.05) is 20.8 Å². The third-order valence-electron chi connectivity index (χ3n) is 5.56. The van der Waals surface area contributed by atoms with E-state index in [2.05, 4.69) is 42.7 Å². The van der Waals surface area contributed by atoms with Gasteiger partial charge in [-0.2, -0.15) is 0 Å². The molecule has 0 aromatic carbocycles. The van der Waals surface area contributed by atoms with Crippen LogP contribution in [0.5, 0.6) is 0 Å². The van der Waals surface area contributed by atoms with Crippen molar-refractivity contribution in [1.29, 1.82) is 0 Å². The molecule has 4 rings (SSSR count). The average molecular weight is 395 g/mol. The van der Waals surface area contributed by atoms with Crippen LogP contribution in [0.4, 0.5) is 5.82 Å². The van der Waals surface area contributed by atoms with E-state index in [1.165, 1.54) is 0 Å². The molecule has 3 aromatic heterocycles. The van der Waals surface area contributed by atoms with Crippen LogP contribution >= 0.6 is 0 Å². The zero-order valence-corrected chi connectivity index (χ0v) is 17.8. The maximum absolute atomic E-state index is 11.9. The molecule has 0 aliphatic carbocycles. The summed E-state index contributed by atoms with van der Waals surface area (Å²) in [6, 6.07) is 7.90. The number of hydrogen-bond donors (Lipinski definition) is 0. The number of rotatable bonds is 3. The van der Waals surface area contributed by atoms with Crippen LogP contribution in [0.3, 0.4) is 0 Å². The van der Waals surface area contributed by atoms with Gasteiger partial charge in [-0.25, -0.2) is 9.50 Å². The largest absolute Gasteiger partial charge is 0.354 e. The summed E-state index contributed by atoms with van der Waals surface area (Å²) in [5.41, 5.74) is 3.08. The van der Waals surface area contributed by atoms with Gasteiger partial charge in [-0.15, -0.1) is 5.10 Å². The summed E-state index contributed by atoms with van der Waals surface area (Å²) in [4.78, 5) is 21.4. The van der Waals surface area contributed by atoms with Crippen LogP contribution in [0.1, 0.15) is 38.4 Å². The van der Waals surface area contributed by atoms with E-state index in [4.69, 9.17) is 10.1 Å². The fraction of sp³-hybridized carbons (Fsp3) is 0.500. The first kappa shape index (κ1) is 19.6. The number of aryl methyl sites for hydroxylation is 1. The van der Waals surface area contributed by atoms with Gasteiger partial charge in [0.05, 0.1) is 11.9 Å². The Bertz CT molecular complexity index is 1060. The molecular formula is C22H30N6O. The molecule has 7 heteroatoms. The third-order valence-corrected chi connectivity index (χ3v) is 5.56. The Morgan fingerprint density at radius 1 is 1.07 bits per heavy atom. The highest BCUT2D eigenvalue weighted by Crippen LogP contribution is 2.22. The second-order valence-corrected chi connectivity index (χ2v) is 8.97. The van der Waals surface area contributed by atoms with E-state index in [0.717, 1.165) is 61.9 Å². The highest BCUT2D eigenvalue weighted by Gasteiger charge is 2.20. The van der Waals surface area contributed by atoms with Crippen molar-refractivity contribution in [2.24, 2.45) is 7.05 Å². The van der Waals surface area contributed by atoms with Crippen molar-refractivity contribution in [2.75, 3.05) is 31.1 Å².